The molecule has 1 N–H and O–H groups in total. The molecule has 0 aliphatic carbocycles. The molecule has 1 aromatic rings. The molecule has 0 unspecified atom stereocenters. The molecule has 0 radical (unpaired) electrons. The van der Waals surface area contributed by atoms with Gasteiger partial charge in [-0.15, -0.1) is 0 Å². The Labute approximate surface area is 131 Å². The Kier molecular flexibility index (Phi) is 5.43. The van der Waals surface area contributed by atoms with E-state index in [1.165, 1.54) is 5.56 Å². The Morgan fingerprint density at radius 3 is 2.64 bits per heavy atom. The summed E-state index contributed by atoms with van der Waals surface area (Å²) < 4.78 is 10.9. The number of amides is 1. The Balaban J connectivity index is 1.48. The molecule has 1 amide bonds. The maximum atomic E-state index is 12.1. The first-order valence-corrected chi connectivity index (χ1v) is 8.10. The summed E-state index contributed by atoms with van der Waals surface area (Å²) in [6.07, 6.45) is 2.32. The third kappa shape index (κ3) is 4.29. The molecule has 3 rings (SSSR count). The summed E-state index contributed by atoms with van der Waals surface area (Å²) in [6, 6.07) is 7.88. The maximum Gasteiger partial charge on any atom is 0.251 e. The van der Waals surface area contributed by atoms with Crippen LogP contribution in [-0.4, -0.2) is 56.4 Å². The van der Waals surface area contributed by atoms with Gasteiger partial charge in [0.25, 0.3) is 5.91 Å². The molecular weight excluding hydrogens is 280 g/mol. The largest absolute Gasteiger partial charge is 0.379 e. The highest BCUT2D eigenvalue weighted by Crippen LogP contribution is 2.12. The van der Waals surface area contributed by atoms with Crippen LogP contribution in [0.25, 0.3) is 0 Å². The number of nitrogens with one attached hydrogen (secondary N) is 1. The number of morpholine rings is 1. The second-order valence-corrected chi connectivity index (χ2v) is 5.93. The third-order valence-corrected chi connectivity index (χ3v) is 4.24. The summed E-state index contributed by atoms with van der Waals surface area (Å²) in [5, 5.41) is 2.95. The van der Waals surface area contributed by atoms with Gasteiger partial charge in [0.1, 0.15) is 0 Å². The highest BCUT2D eigenvalue weighted by Gasteiger charge is 2.16. The molecule has 0 bridgehead atoms. The Morgan fingerprint density at radius 2 is 1.95 bits per heavy atom. The van der Waals surface area contributed by atoms with Gasteiger partial charge in [-0.3, -0.25) is 9.69 Å². The smallest absolute Gasteiger partial charge is 0.251 e. The van der Waals surface area contributed by atoms with Gasteiger partial charge >= 0.3 is 0 Å². The molecule has 0 saturated carbocycles. The van der Waals surface area contributed by atoms with Crippen molar-refractivity contribution in [2.24, 2.45) is 0 Å². The van der Waals surface area contributed by atoms with E-state index in [0.29, 0.717) is 12.1 Å². The van der Waals surface area contributed by atoms with Crippen LogP contribution in [0.15, 0.2) is 24.3 Å². The van der Waals surface area contributed by atoms with Crippen LogP contribution in [-0.2, 0) is 16.0 Å². The normalized spacial score (nSPS) is 22.6. The summed E-state index contributed by atoms with van der Waals surface area (Å²) in [5.74, 6) is -0.0200. The molecule has 0 spiro atoms. The lowest BCUT2D eigenvalue weighted by Gasteiger charge is -2.26. The van der Waals surface area contributed by atoms with Gasteiger partial charge in [-0.1, -0.05) is 12.1 Å². The van der Waals surface area contributed by atoms with E-state index in [1.54, 1.807) is 0 Å². The first-order valence-electron chi connectivity index (χ1n) is 8.10. The van der Waals surface area contributed by atoms with Crippen molar-refractivity contribution in [1.29, 1.82) is 0 Å². The maximum absolute atomic E-state index is 12.1. The van der Waals surface area contributed by atoms with Crippen LogP contribution in [0, 0.1) is 0 Å². The van der Waals surface area contributed by atoms with Crippen molar-refractivity contribution in [3.8, 4) is 0 Å². The zero-order valence-electron chi connectivity index (χ0n) is 12.9. The van der Waals surface area contributed by atoms with E-state index in [1.807, 2.05) is 24.3 Å². The van der Waals surface area contributed by atoms with Crippen molar-refractivity contribution in [3.05, 3.63) is 35.4 Å². The van der Waals surface area contributed by atoms with Gasteiger partial charge in [-0.05, 0) is 30.5 Å². The number of ether oxygens (including phenoxy) is 2. The molecule has 2 fully saturated rings. The number of hydrogen-bond acceptors (Lipinski definition) is 4. The first-order chi connectivity index (χ1) is 10.8. The number of hydrogen-bond donors (Lipinski definition) is 1. The fraction of sp³-hybridized carbons (Fsp3) is 0.588. The summed E-state index contributed by atoms with van der Waals surface area (Å²) in [4.78, 5) is 14.5. The Morgan fingerprint density at radius 1 is 1.18 bits per heavy atom. The standard InChI is InChI=1S/C17H24N2O3/c20-17(18-12-16-2-1-9-22-16)15-5-3-14(4-6-15)13-19-7-10-21-11-8-19/h3-6,16H,1-2,7-13H2,(H,18,20)/t16-/m1/s1. The van der Waals surface area contributed by atoms with Gasteiger partial charge in [0, 0.05) is 38.3 Å². The lowest BCUT2D eigenvalue weighted by atomic mass is 10.1. The van der Waals surface area contributed by atoms with Gasteiger partial charge in [0.2, 0.25) is 0 Å². The van der Waals surface area contributed by atoms with E-state index in [0.717, 1.165) is 52.3 Å². The number of carbonyl (C=O) groups is 1. The van der Waals surface area contributed by atoms with E-state index >= 15 is 0 Å². The second kappa shape index (κ2) is 7.72. The molecule has 2 aliphatic rings. The number of rotatable bonds is 5. The molecule has 5 nitrogen and oxygen atoms in total. The SMILES string of the molecule is O=C(NC[C@H]1CCCO1)c1ccc(CN2CCOCC2)cc1. The molecule has 2 saturated heterocycles. The average molecular weight is 304 g/mol. The highest BCUT2D eigenvalue weighted by atomic mass is 16.5. The predicted octanol–water partition coefficient (Wildman–Crippen LogP) is 1.43. The molecule has 0 aromatic heterocycles. The zero-order valence-corrected chi connectivity index (χ0v) is 12.9. The highest BCUT2D eigenvalue weighted by molar-refractivity contribution is 5.94. The minimum absolute atomic E-state index is 0.0200. The summed E-state index contributed by atoms with van der Waals surface area (Å²) in [7, 11) is 0. The summed E-state index contributed by atoms with van der Waals surface area (Å²) >= 11 is 0. The average Bonchev–Trinajstić information content (AvgIpc) is 3.08. The summed E-state index contributed by atoms with van der Waals surface area (Å²) in [5.41, 5.74) is 1.95. The Bertz CT molecular complexity index is 477. The van der Waals surface area contributed by atoms with Crippen LogP contribution < -0.4 is 5.32 Å². The van der Waals surface area contributed by atoms with Gasteiger partial charge in [0.15, 0.2) is 0 Å². The number of nitrogens with zero attached hydrogens (tertiary/aromatic N) is 1. The van der Waals surface area contributed by atoms with E-state index in [4.69, 9.17) is 9.47 Å². The minimum Gasteiger partial charge on any atom is -0.379 e. The fourth-order valence-corrected chi connectivity index (χ4v) is 2.89. The minimum atomic E-state index is -0.0200. The molecule has 2 aliphatic heterocycles. The van der Waals surface area contributed by atoms with Gasteiger partial charge in [-0.25, -0.2) is 0 Å². The lowest BCUT2D eigenvalue weighted by molar-refractivity contribution is 0.0342. The van der Waals surface area contributed by atoms with E-state index < -0.39 is 0 Å². The zero-order chi connectivity index (χ0) is 15.2. The third-order valence-electron chi connectivity index (χ3n) is 4.24. The van der Waals surface area contributed by atoms with Crippen molar-refractivity contribution in [3.63, 3.8) is 0 Å². The van der Waals surface area contributed by atoms with Crippen LogP contribution in [0.5, 0.6) is 0 Å². The molecule has 120 valence electrons. The van der Waals surface area contributed by atoms with Crippen LogP contribution >= 0.6 is 0 Å². The first kappa shape index (κ1) is 15.5. The quantitative estimate of drug-likeness (QED) is 0.894. The van der Waals surface area contributed by atoms with E-state index in [-0.39, 0.29) is 12.0 Å². The number of benzene rings is 1. The van der Waals surface area contributed by atoms with Crippen molar-refractivity contribution in [1.82, 2.24) is 10.2 Å². The predicted molar refractivity (Wildman–Crippen MR) is 83.8 cm³/mol. The summed E-state index contributed by atoms with van der Waals surface area (Å²) in [6.45, 7) is 5.91. The van der Waals surface area contributed by atoms with Crippen LogP contribution in [0.3, 0.4) is 0 Å². The van der Waals surface area contributed by atoms with E-state index in [2.05, 4.69) is 10.2 Å². The molecule has 22 heavy (non-hydrogen) atoms. The van der Waals surface area contributed by atoms with Gasteiger partial charge < -0.3 is 14.8 Å². The molecule has 1 atom stereocenters. The topological polar surface area (TPSA) is 50.8 Å². The van der Waals surface area contributed by atoms with Crippen molar-refractivity contribution < 1.29 is 14.3 Å². The van der Waals surface area contributed by atoms with Crippen molar-refractivity contribution >= 4 is 5.91 Å². The molecule has 1 aromatic carbocycles. The van der Waals surface area contributed by atoms with Crippen molar-refractivity contribution in [2.75, 3.05) is 39.5 Å². The monoisotopic (exact) mass is 304 g/mol. The van der Waals surface area contributed by atoms with Crippen LogP contribution in [0.4, 0.5) is 0 Å². The second-order valence-electron chi connectivity index (χ2n) is 5.93. The number of carbonyl (C=O) groups excluding carboxylic acids is 1. The van der Waals surface area contributed by atoms with Gasteiger partial charge in [0.05, 0.1) is 19.3 Å². The van der Waals surface area contributed by atoms with Crippen molar-refractivity contribution in [2.45, 2.75) is 25.5 Å². The van der Waals surface area contributed by atoms with E-state index in [9.17, 15) is 4.79 Å². The van der Waals surface area contributed by atoms with Crippen LogP contribution in [0.2, 0.25) is 0 Å². The molecule has 2 heterocycles. The fourth-order valence-electron chi connectivity index (χ4n) is 2.89. The molecular formula is C17H24N2O3. The Hall–Kier alpha value is -1.43. The molecule has 5 heteroatoms. The lowest BCUT2D eigenvalue weighted by Crippen LogP contribution is -2.35. The van der Waals surface area contributed by atoms with Gasteiger partial charge in [-0.2, -0.15) is 0 Å². The van der Waals surface area contributed by atoms with Crippen LogP contribution in [0.1, 0.15) is 28.8 Å².